The first-order chi connectivity index (χ1) is 13.3. The predicted octanol–water partition coefficient (Wildman–Crippen LogP) is 2.35. The number of sulfonamides is 1. The zero-order valence-electron chi connectivity index (χ0n) is 15.4. The molecule has 2 aliphatic heterocycles. The second kappa shape index (κ2) is 7.62. The third-order valence-electron chi connectivity index (χ3n) is 5.46. The van der Waals surface area contributed by atoms with Crippen molar-refractivity contribution in [3.05, 3.63) is 41.6 Å². The maximum absolute atomic E-state index is 13.5. The molecule has 3 heterocycles. The van der Waals surface area contributed by atoms with Crippen LogP contribution < -0.4 is 5.32 Å². The van der Waals surface area contributed by atoms with E-state index in [0.29, 0.717) is 32.0 Å². The minimum absolute atomic E-state index is 0.0294. The Hall–Kier alpha value is -1.68. The standard InChI is InChI=1S/C18H22ClFN4O3S/c1-23-9-18(21-11-23)28(25,26)24-7-14(12-4-5-27-10-12)17(8-24)22-13-2-3-16(20)15(19)6-13/h2-3,6,9,11-12,14,17,22H,4-5,7-8,10H2,1H3. The molecular formula is C18H22ClFN4O3S. The molecule has 152 valence electrons. The third-order valence-corrected chi connectivity index (χ3v) is 7.47. The molecule has 3 unspecified atom stereocenters. The summed E-state index contributed by atoms with van der Waals surface area (Å²) < 4.78 is 48.1. The first-order valence-corrected chi connectivity index (χ1v) is 10.9. The molecule has 2 fully saturated rings. The van der Waals surface area contributed by atoms with Crippen LogP contribution in [0.1, 0.15) is 6.42 Å². The van der Waals surface area contributed by atoms with E-state index in [-0.39, 0.29) is 27.9 Å². The van der Waals surface area contributed by atoms with Crippen molar-refractivity contribution in [1.82, 2.24) is 13.9 Å². The van der Waals surface area contributed by atoms with E-state index in [1.165, 1.54) is 29.0 Å². The molecule has 2 aliphatic rings. The van der Waals surface area contributed by atoms with Crippen LogP contribution in [-0.2, 0) is 21.8 Å². The maximum Gasteiger partial charge on any atom is 0.262 e. The summed E-state index contributed by atoms with van der Waals surface area (Å²) in [6.45, 7) is 1.99. The zero-order valence-corrected chi connectivity index (χ0v) is 17.0. The van der Waals surface area contributed by atoms with Gasteiger partial charge in [-0.25, -0.2) is 17.8 Å². The van der Waals surface area contributed by atoms with Crippen molar-refractivity contribution >= 4 is 27.3 Å². The van der Waals surface area contributed by atoms with Crippen LogP contribution in [-0.4, -0.2) is 54.6 Å². The average Bonchev–Trinajstić information content (AvgIpc) is 3.38. The number of halogens is 2. The van der Waals surface area contributed by atoms with Gasteiger partial charge in [0.25, 0.3) is 10.0 Å². The Morgan fingerprint density at radius 2 is 2.18 bits per heavy atom. The molecule has 28 heavy (non-hydrogen) atoms. The summed E-state index contributed by atoms with van der Waals surface area (Å²) in [4.78, 5) is 4.01. The molecule has 0 saturated carbocycles. The van der Waals surface area contributed by atoms with E-state index in [4.69, 9.17) is 16.3 Å². The van der Waals surface area contributed by atoms with Crippen LogP contribution >= 0.6 is 11.6 Å². The number of hydrogen-bond donors (Lipinski definition) is 1. The van der Waals surface area contributed by atoms with Crippen molar-refractivity contribution in [2.45, 2.75) is 17.5 Å². The van der Waals surface area contributed by atoms with Gasteiger partial charge in [-0.05, 0) is 36.5 Å². The molecule has 0 spiro atoms. The van der Waals surface area contributed by atoms with Crippen LogP contribution in [0.2, 0.25) is 5.02 Å². The molecule has 0 radical (unpaired) electrons. The highest BCUT2D eigenvalue weighted by molar-refractivity contribution is 7.89. The lowest BCUT2D eigenvalue weighted by molar-refractivity contribution is 0.172. The van der Waals surface area contributed by atoms with Crippen LogP contribution in [0.25, 0.3) is 0 Å². The van der Waals surface area contributed by atoms with Gasteiger partial charge >= 0.3 is 0 Å². The van der Waals surface area contributed by atoms with E-state index >= 15 is 0 Å². The largest absolute Gasteiger partial charge is 0.381 e. The number of nitrogens with zero attached hydrogens (tertiary/aromatic N) is 3. The van der Waals surface area contributed by atoms with Gasteiger partial charge in [0.2, 0.25) is 0 Å². The smallest absolute Gasteiger partial charge is 0.262 e. The van der Waals surface area contributed by atoms with Crippen LogP contribution in [0.5, 0.6) is 0 Å². The number of benzene rings is 1. The first kappa shape index (κ1) is 19.6. The average molecular weight is 429 g/mol. The topological polar surface area (TPSA) is 76.5 Å². The van der Waals surface area contributed by atoms with Crippen molar-refractivity contribution in [3.63, 3.8) is 0 Å². The number of aromatic nitrogens is 2. The fourth-order valence-corrected chi connectivity index (χ4v) is 5.61. The Bertz CT molecular complexity index is 961. The minimum Gasteiger partial charge on any atom is -0.381 e. The van der Waals surface area contributed by atoms with E-state index in [1.807, 2.05) is 0 Å². The summed E-state index contributed by atoms with van der Waals surface area (Å²) in [7, 11) is -1.95. The summed E-state index contributed by atoms with van der Waals surface area (Å²) in [5.74, 6) is -0.152. The monoisotopic (exact) mass is 428 g/mol. The summed E-state index contributed by atoms with van der Waals surface area (Å²) >= 11 is 5.89. The number of imidazole rings is 1. The Labute approximate surface area is 168 Å². The summed E-state index contributed by atoms with van der Waals surface area (Å²) in [5, 5.41) is 3.43. The fourth-order valence-electron chi connectivity index (χ4n) is 3.96. The molecule has 0 bridgehead atoms. The van der Waals surface area contributed by atoms with Crippen molar-refractivity contribution in [1.29, 1.82) is 0 Å². The molecular weight excluding hydrogens is 407 g/mol. The number of rotatable bonds is 5. The number of anilines is 1. The second-order valence-corrected chi connectivity index (χ2v) is 9.66. The normalized spacial score (nSPS) is 26.0. The molecule has 0 aliphatic carbocycles. The number of ether oxygens (including phenoxy) is 1. The third kappa shape index (κ3) is 3.76. The van der Waals surface area contributed by atoms with Gasteiger partial charge < -0.3 is 14.6 Å². The van der Waals surface area contributed by atoms with Crippen LogP contribution in [0.15, 0.2) is 35.7 Å². The van der Waals surface area contributed by atoms with E-state index < -0.39 is 15.8 Å². The van der Waals surface area contributed by atoms with Gasteiger partial charge in [0.1, 0.15) is 5.82 Å². The predicted molar refractivity (Wildman–Crippen MR) is 103 cm³/mol. The van der Waals surface area contributed by atoms with Crippen LogP contribution in [0.3, 0.4) is 0 Å². The van der Waals surface area contributed by atoms with Crippen LogP contribution in [0.4, 0.5) is 10.1 Å². The molecule has 4 rings (SSSR count). The summed E-state index contributed by atoms with van der Waals surface area (Å²) in [5.41, 5.74) is 0.664. The van der Waals surface area contributed by atoms with Gasteiger partial charge in [-0.2, -0.15) is 4.31 Å². The first-order valence-electron chi connectivity index (χ1n) is 9.12. The Morgan fingerprint density at radius 3 is 2.82 bits per heavy atom. The maximum atomic E-state index is 13.5. The van der Waals surface area contributed by atoms with E-state index in [0.717, 1.165) is 6.42 Å². The summed E-state index contributed by atoms with van der Waals surface area (Å²) in [6, 6.07) is 4.30. The Morgan fingerprint density at radius 1 is 1.36 bits per heavy atom. The summed E-state index contributed by atoms with van der Waals surface area (Å²) in [6.07, 6.45) is 3.87. The fraction of sp³-hybridized carbons (Fsp3) is 0.500. The van der Waals surface area contributed by atoms with Crippen molar-refractivity contribution in [3.8, 4) is 0 Å². The molecule has 2 aromatic rings. The molecule has 10 heteroatoms. The van der Waals surface area contributed by atoms with E-state index in [9.17, 15) is 12.8 Å². The molecule has 1 N–H and O–H groups in total. The van der Waals surface area contributed by atoms with E-state index in [1.54, 1.807) is 17.7 Å². The molecule has 3 atom stereocenters. The lowest BCUT2D eigenvalue weighted by Gasteiger charge is -2.25. The molecule has 1 aromatic carbocycles. The zero-order chi connectivity index (χ0) is 19.9. The highest BCUT2D eigenvalue weighted by atomic mass is 35.5. The highest BCUT2D eigenvalue weighted by Gasteiger charge is 2.44. The van der Waals surface area contributed by atoms with Gasteiger partial charge in [0.05, 0.1) is 11.3 Å². The highest BCUT2D eigenvalue weighted by Crippen LogP contribution is 2.35. The van der Waals surface area contributed by atoms with Gasteiger partial charge in [-0.1, -0.05) is 11.6 Å². The minimum atomic E-state index is -3.69. The molecule has 2 saturated heterocycles. The molecule has 0 amide bonds. The van der Waals surface area contributed by atoms with Gasteiger partial charge in [-0.3, -0.25) is 0 Å². The lowest BCUT2D eigenvalue weighted by atomic mass is 9.87. The second-order valence-electron chi connectivity index (χ2n) is 7.37. The SMILES string of the molecule is Cn1cnc(S(=O)(=O)N2CC(Nc3ccc(F)c(Cl)c3)C(C3CCOC3)C2)c1. The number of nitrogens with one attached hydrogen (secondary N) is 1. The van der Waals surface area contributed by atoms with Crippen LogP contribution in [0, 0.1) is 17.7 Å². The molecule has 1 aromatic heterocycles. The van der Waals surface area contributed by atoms with Crippen molar-refractivity contribution in [2.24, 2.45) is 18.9 Å². The van der Waals surface area contributed by atoms with Crippen molar-refractivity contribution < 1.29 is 17.5 Å². The van der Waals surface area contributed by atoms with Gasteiger partial charge in [0, 0.05) is 51.3 Å². The van der Waals surface area contributed by atoms with Gasteiger partial charge in [0.15, 0.2) is 5.03 Å². The van der Waals surface area contributed by atoms with E-state index in [2.05, 4.69) is 10.3 Å². The Kier molecular flexibility index (Phi) is 5.34. The number of aryl methyl sites for hydroxylation is 1. The van der Waals surface area contributed by atoms with Gasteiger partial charge in [-0.15, -0.1) is 0 Å². The van der Waals surface area contributed by atoms with Crippen molar-refractivity contribution in [2.75, 3.05) is 31.6 Å². The quantitative estimate of drug-likeness (QED) is 0.791. The Balaban J connectivity index is 1.59. The molecule has 7 nitrogen and oxygen atoms in total. The lowest BCUT2D eigenvalue weighted by Crippen LogP contribution is -2.33. The number of hydrogen-bond acceptors (Lipinski definition) is 5.